The fourth-order valence-electron chi connectivity index (χ4n) is 5.74. The van der Waals surface area contributed by atoms with Crippen molar-refractivity contribution in [1.29, 1.82) is 0 Å². The second kappa shape index (κ2) is 18.2. The van der Waals surface area contributed by atoms with Crippen molar-refractivity contribution in [3.8, 4) is 33.6 Å². The summed E-state index contributed by atoms with van der Waals surface area (Å²) in [5.74, 6) is 0.409. The normalized spacial score (nSPS) is 11.8. The molecule has 0 bridgehead atoms. The summed E-state index contributed by atoms with van der Waals surface area (Å²) < 4.78 is 6.56. The first-order valence-corrected chi connectivity index (χ1v) is 18.3. The maximum absolute atomic E-state index is 13.6. The topological polar surface area (TPSA) is 85.6 Å². The van der Waals surface area contributed by atoms with Gasteiger partial charge >= 0.3 is 18.9 Å². The molecular weight excluding hydrogens is 682 g/mol. The molecule has 0 aliphatic heterocycles. The number of nitrogens with one attached hydrogen (secondary N) is 1. The van der Waals surface area contributed by atoms with E-state index in [2.05, 4.69) is 30.1 Å². The van der Waals surface area contributed by atoms with Gasteiger partial charge in [-0.1, -0.05) is 65.7 Å². The molecule has 1 amide bonds. The first kappa shape index (κ1) is 39.4. The van der Waals surface area contributed by atoms with Crippen LogP contribution in [0.15, 0.2) is 101 Å². The molecule has 0 aliphatic rings. The summed E-state index contributed by atoms with van der Waals surface area (Å²) in [7, 11) is 0. The van der Waals surface area contributed by atoms with E-state index in [1.807, 2.05) is 98.1 Å². The van der Waals surface area contributed by atoms with Crippen molar-refractivity contribution in [2.75, 3.05) is 12.0 Å². The molecule has 6 nitrogen and oxygen atoms in total. The van der Waals surface area contributed by atoms with E-state index in [-0.39, 0.29) is 31.3 Å². The van der Waals surface area contributed by atoms with E-state index in [9.17, 15) is 14.7 Å². The van der Waals surface area contributed by atoms with Crippen LogP contribution in [0.25, 0.3) is 33.6 Å². The standard InChI is InChI=1S/C40H40Cl2N2O4S.Li/c1-25(2)44(24-32-22-35(28-10-14-30(41)15-11-28)38(48-32)29-12-16-31(42)17-13-29)23-27-9-18-34(36(21-27)33-8-6-5-7-26(33)3)39(45)43-37(40(46)47)19-20-49-4;/h5-18,21-22,25,37H,19-20,23-24H2,1-4H3,(H,43,45)(H,46,47);/q;+1/p-1. The minimum Gasteiger partial charge on any atom is -0.548 e. The van der Waals surface area contributed by atoms with Gasteiger partial charge in [-0.25, -0.2) is 0 Å². The molecule has 50 heavy (non-hydrogen) atoms. The molecule has 1 N–H and O–H groups in total. The summed E-state index contributed by atoms with van der Waals surface area (Å²) in [6.07, 6.45) is 2.18. The average Bonchev–Trinajstić information content (AvgIpc) is 3.50. The Kier molecular flexibility index (Phi) is 14.3. The molecule has 0 radical (unpaired) electrons. The van der Waals surface area contributed by atoms with Crippen molar-refractivity contribution >= 4 is 46.8 Å². The summed E-state index contributed by atoms with van der Waals surface area (Å²) in [5.41, 5.74) is 6.95. The number of furan rings is 1. The van der Waals surface area contributed by atoms with Crippen molar-refractivity contribution in [2.45, 2.75) is 52.4 Å². The number of halogens is 2. The van der Waals surface area contributed by atoms with Crippen LogP contribution in [0.5, 0.6) is 0 Å². The van der Waals surface area contributed by atoms with Gasteiger partial charge in [-0.3, -0.25) is 9.69 Å². The number of hydrogen-bond acceptors (Lipinski definition) is 6. The zero-order valence-electron chi connectivity index (χ0n) is 29.0. The molecule has 0 saturated heterocycles. The third-order valence-electron chi connectivity index (χ3n) is 8.48. The number of aryl methyl sites for hydroxylation is 1. The average molecular weight is 722 g/mol. The third kappa shape index (κ3) is 9.88. The van der Waals surface area contributed by atoms with Crippen molar-refractivity contribution in [2.24, 2.45) is 0 Å². The second-order valence-corrected chi connectivity index (χ2v) is 14.1. The van der Waals surface area contributed by atoms with Crippen LogP contribution in [0.4, 0.5) is 0 Å². The summed E-state index contributed by atoms with van der Waals surface area (Å²) in [4.78, 5) is 27.7. The molecule has 1 aromatic heterocycles. The summed E-state index contributed by atoms with van der Waals surface area (Å²) in [6, 6.07) is 30.1. The molecular formula is C40H39Cl2LiN2O4S. The Balaban J connectivity index is 0.00000562. The van der Waals surface area contributed by atoms with Crippen LogP contribution in [0.2, 0.25) is 10.0 Å². The van der Waals surface area contributed by atoms with Gasteiger partial charge in [0, 0.05) is 39.3 Å². The maximum Gasteiger partial charge on any atom is 1.00 e. The van der Waals surface area contributed by atoms with Gasteiger partial charge in [-0.05, 0) is 122 Å². The van der Waals surface area contributed by atoms with Crippen LogP contribution >= 0.6 is 35.0 Å². The van der Waals surface area contributed by atoms with E-state index >= 15 is 0 Å². The molecule has 5 aromatic rings. The number of aliphatic carboxylic acids is 1. The van der Waals surface area contributed by atoms with Gasteiger partial charge in [0.25, 0.3) is 5.91 Å². The molecule has 0 fully saturated rings. The molecule has 10 heteroatoms. The summed E-state index contributed by atoms with van der Waals surface area (Å²) >= 11 is 13.9. The fourth-order valence-corrected chi connectivity index (χ4v) is 6.46. The van der Waals surface area contributed by atoms with Crippen LogP contribution < -0.4 is 29.3 Å². The number of thioether (sulfide) groups is 1. The largest absolute Gasteiger partial charge is 1.00 e. The van der Waals surface area contributed by atoms with Crippen molar-refractivity contribution in [3.63, 3.8) is 0 Å². The summed E-state index contributed by atoms with van der Waals surface area (Å²) in [5, 5.41) is 15.8. The van der Waals surface area contributed by atoms with Gasteiger partial charge in [-0.15, -0.1) is 0 Å². The van der Waals surface area contributed by atoms with Crippen LogP contribution in [-0.2, 0) is 17.9 Å². The molecule has 0 saturated carbocycles. The number of carboxylic acids is 1. The number of carboxylic acid groups (broad SMARTS) is 1. The number of carbonyl (C=O) groups is 2. The minimum absolute atomic E-state index is 0. The number of nitrogens with zero attached hydrogens (tertiary/aromatic N) is 1. The molecule has 1 heterocycles. The number of rotatable bonds is 14. The van der Waals surface area contributed by atoms with Crippen LogP contribution in [-0.4, -0.2) is 40.9 Å². The predicted molar refractivity (Wildman–Crippen MR) is 200 cm³/mol. The van der Waals surface area contributed by atoms with E-state index < -0.39 is 17.9 Å². The van der Waals surface area contributed by atoms with Gasteiger partial charge in [0.15, 0.2) is 0 Å². The molecule has 1 atom stereocenters. The second-order valence-electron chi connectivity index (χ2n) is 12.3. The Bertz CT molecular complexity index is 1850. The molecule has 5 rings (SSSR count). The first-order chi connectivity index (χ1) is 23.5. The Morgan fingerprint density at radius 3 is 2.08 bits per heavy atom. The Morgan fingerprint density at radius 1 is 0.840 bits per heavy atom. The maximum atomic E-state index is 13.6. The van der Waals surface area contributed by atoms with Crippen molar-refractivity contribution in [1.82, 2.24) is 10.2 Å². The zero-order chi connectivity index (χ0) is 35.1. The zero-order valence-corrected chi connectivity index (χ0v) is 31.3. The fraction of sp³-hybridized carbons (Fsp3) is 0.250. The van der Waals surface area contributed by atoms with E-state index in [1.165, 1.54) is 11.8 Å². The SMILES string of the molecule is CSCCC(NC(=O)c1ccc(CN(Cc2cc(-c3ccc(Cl)cc3)c(-c3ccc(Cl)cc3)o2)C(C)C)cc1-c1ccccc1C)C(=O)[O-].[Li+]. The van der Waals surface area contributed by atoms with Gasteiger partial charge in [0.05, 0.1) is 18.6 Å². The Morgan fingerprint density at radius 2 is 1.48 bits per heavy atom. The quantitative estimate of drug-likeness (QED) is 0.144. The van der Waals surface area contributed by atoms with Gasteiger partial charge in [0.1, 0.15) is 11.5 Å². The first-order valence-electron chi connectivity index (χ1n) is 16.1. The van der Waals surface area contributed by atoms with Crippen LogP contribution in [0.3, 0.4) is 0 Å². The Hall–Kier alpha value is -3.41. The van der Waals surface area contributed by atoms with Crippen molar-refractivity contribution < 1.29 is 38.0 Å². The number of carbonyl (C=O) groups excluding carboxylic acids is 2. The monoisotopic (exact) mass is 720 g/mol. The van der Waals surface area contributed by atoms with Gasteiger partial charge < -0.3 is 19.6 Å². The molecule has 0 aliphatic carbocycles. The third-order valence-corrected chi connectivity index (χ3v) is 9.63. The van der Waals surface area contributed by atoms with Crippen LogP contribution in [0, 0.1) is 6.92 Å². The molecule has 1 unspecified atom stereocenters. The van der Waals surface area contributed by atoms with E-state index in [0.29, 0.717) is 34.5 Å². The smallest absolute Gasteiger partial charge is 0.548 e. The Labute approximate surface area is 320 Å². The summed E-state index contributed by atoms with van der Waals surface area (Å²) in [6.45, 7) is 7.40. The van der Waals surface area contributed by atoms with E-state index in [1.54, 1.807) is 6.07 Å². The molecule has 254 valence electrons. The number of amides is 1. The minimum atomic E-state index is -1.29. The van der Waals surface area contributed by atoms with E-state index in [4.69, 9.17) is 27.6 Å². The molecule has 4 aromatic carbocycles. The molecule has 0 spiro atoms. The van der Waals surface area contributed by atoms with E-state index in [0.717, 1.165) is 50.5 Å². The van der Waals surface area contributed by atoms with Gasteiger partial charge in [-0.2, -0.15) is 11.8 Å². The number of hydrogen-bond donors (Lipinski definition) is 1. The predicted octanol–water partition coefficient (Wildman–Crippen LogP) is 5.91. The van der Waals surface area contributed by atoms with Crippen molar-refractivity contribution in [3.05, 3.63) is 130 Å². The number of benzene rings is 4. The van der Waals surface area contributed by atoms with Gasteiger partial charge in [0.2, 0.25) is 0 Å². The van der Waals surface area contributed by atoms with Crippen LogP contribution in [0.1, 0.15) is 47.5 Å².